The first-order valence-electron chi connectivity index (χ1n) is 6.58. The van der Waals surface area contributed by atoms with E-state index in [4.69, 9.17) is 11.6 Å². The van der Waals surface area contributed by atoms with Gasteiger partial charge in [-0.3, -0.25) is 9.36 Å². The van der Waals surface area contributed by atoms with Gasteiger partial charge in [-0.15, -0.1) is 0 Å². The maximum atomic E-state index is 13.6. The molecule has 0 atom stereocenters. The van der Waals surface area contributed by atoms with Gasteiger partial charge in [0, 0.05) is 6.42 Å². The quantitative estimate of drug-likeness (QED) is 0.723. The average Bonchev–Trinajstić information content (AvgIpc) is 2.51. The Kier molecular flexibility index (Phi) is 3.47. The second-order valence-corrected chi connectivity index (χ2v) is 4.99. The van der Waals surface area contributed by atoms with Crippen LogP contribution in [0.15, 0.2) is 47.3 Å². The van der Waals surface area contributed by atoms with Crippen molar-refractivity contribution >= 4 is 22.5 Å². The minimum absolute atomic E-state index is 0.109. The Balaban J connectivity index is 2.47. The predicted octanol–water partition coefficient (Wildman–Crippen LogP) is 3.74. The first-order chi connectivity index (χ1) is 10.1. The Morgan fingerprint density at radius 1 is 1.19 bits per heavy atom. The molecule has 0 radical (unpaired) electrons. The summed E-state index contributed by atoms with van der Waals surface area (Å²) in [6, 6.07) is 11.8. The van der Waals surface area contributed by atoms with Crippen LogP contribution in [0.25, 0.3) is 16.6 Å². The van der Waals surface area contributed by atoms with Crippen LogP contribution in [-0.4, -0.2) is 9.55 Å². The number of aryl methyl sites for hydroxylation is 1. The van der Waals surface area contributed by atoms with E-state index < -0.39 is 5.82 Å². The van der Waals surface area contributed by atoms with E-state index in [1.165, 1.54) is 16.7 Å². The van der Waals surface area contributed by atoms with Crippen LogP contribution in [0.4, 0.5) is 4.39 Å². The van der Waals surface area contributed by atoms with Crippen LogP contribution in [-0.2, 0) is 6.42 Å². The molecule has 5 heteroatoms. The molecule has 3 aromatic rings. The van der Waals surface area contributed by atoms with Crippen LogP contribution >= 0.6 is 11.6 Å². The molecular weight excluding hydrogens is 291 g/mol. The second-order valence-electron chi connectivity index (χ2n) is 4.61. The van der Waals surface area contributed by atoms with E-state index in [1.54, 1.807) is 12.1 Å². The first kappa shape index (κ1) is 13.8. The van der Waals surface area contributed by atoms with E-state index in [2.05, 4.69) is 4.98 Å². The Morgan fingerprint density at radius 3 is 2.57 bits per heavy atom. The monoisotopic (exact) mass is 302 g/mol. The van der Waals surface area contributed by atoms with Crippen molar-refractivity contribution in [2.24, 2.45) is 0 Å². The normalized spacial score (nSPS) is 11.0. The highest BCUT2D eigenvalue weighted by Crippen LogP contribution is 2.23. The molecule has 0 fully saturated rings. The van der Waals surface area contributed by atoms with E-state index in [0.29, 0.717) is 23.4 Å². The highest BCUT2D eigenvalue weighted by atomic mass is 35.5. The van der Waals surface area contributed by atoms with Crippen molar-refractivity contribution < 1.29 is 4.39 Å². The molecular formula is C16H12ClFN2O. The van der Waals surface area contributed by atoms with Crippen LogP contribution in [0, 0.1) is 5.82 Å². The minimum Gasteiger partial charge on any atom is -0.268 e. The number of hydrogen-bond donors (Lipinski definition) is 0. The SMILES string of the molecule is CCc1nc2ccc(F)c(Cl)c2c(=O)n1-c1ccccc1. The van der Waals surface area contributed by atoms with E-state index in [0.717, 1.165) is 0 Å². The zero-order valence-corrected chi connectivity index (χ0v) is 12.1. The lowest BCUT2D eigenvalue weighted by molar-refractivity contribution is 0.629. The number of hydrogen-bond acceptors (Lipinski definition) is 2. The van der Waals surface area contributed by atoms with Gasteiger partial charge in [-0.05, 0) is 24.3 Å². The van der Waals surface area contributed by atoms with Crippen molar-refractivity contribution in [1.29, 1.82) is 0 Å². The van der Waals surface area contributed by atoms with E-state index in [1.807, 2.05) is 25.1 Å². The Bertz CT molecular complexity index is 875. The van der Waals surface area contributed by atoms with Crippen LogP contribution in [0.1, 0.15) is 12.7 Å². The smallest absolute Gasteiger partial charge is 0.267 e. The molecule has 0 aliphatic carbocycles. The zero-order chi connectivity index (χ0) is 15.0. The fraction of sp³-hybridized carbons (Fsp3) is 0.125. The number of fused-ring (bicyclic) bond motifs is 1. The highest BCUT2D eigenvalue weighted by molar-refractivity contribution is 6.35. The Labute approximate surface area is 125 Å². The molecule has 1 aromatic heterocycles. The summed E-state index contributed by atoms with van der Waals surface area (Å²) in [5.74, 6) is -0.00620. The van der Waals surface area contributed by atoms with Crippen molar-refractivity contribution in [3.8, 4) is 5.69 Å². The average molecular weight is 303 g/mol. The summed E-state index contributed by atoms with van der Waals surface area (Å²) in [4.78, 5) is 17.2. The van der Waals surface area contributed by atoms with Crippen molar-refractivity contribution in [2.75, 3.05) is 0 Å². The van der Waals surface area contributed by atoms with Gasteiger partial charge < -0.3 is 0 Å². The van der Waals surface area contributed by atoms with Crippen LogP contribution in [0.3, 0.4) is 0 Å². The molecule has 0 saturated carbocycles. The van der Waals surface area contributed by atoms with Gasteiger partial charge in [0.25, 0.3) is 5.56 Å². The Hall–Kier alpha value is -2.20. The van der Waals surface area contributed by atoms with E-state index in [9.17, 15) is 9.18 Å². The lowest BCUT2D eigenvalue weighted by atomic mass is 10.2. The number of nitrogens with zero attached hydrogens (tertiary/aromatic N) is 2. The molecule has 106 valence electrons. The van der Waals surface area contributed by atoms with Crippen molar-refractivity contribution in [3.63, 3.8) is 0 Å². The molecule has 0 N–H and O–H groups in total. The summed E-state index contributed by atoms with van der Waals surface area (Å²) in [6.07, 6.45) is 0.578. The standard InChI is InChI=1S/C16H12ClFN2O/c1-2-13-19-12-9-8-11(18)15(17)14(12)16(21)20(13)10-6-4-3-5-7-10/h3-9H,2H2,1H3. The van der Waals surface area contributed by atoms with E-state index in [-0.39, 0.29) is 16.0 Å². The molecule has 3 nitrogen and oxygen atoms in total. The fourth-order valence-corrected chi connectivity index (χ4v) is 2.58. The number of benzene rings is 2. The third kappa shape index (κ3) is 2.21. The van der Waals surface area contributed by atoms with Gasteiger partial charge in [-0.25, -0.2) is 9.37 Å². The molecule has 0 bridgehead atoms. The summed E-state index contributed by atoms with van der Waals surface area (Å²) < 4.78 is 15.1. The molecule has 0 aliphatic heterocycles. The molecule has 21 heavy (non-hydrogen) atoms. The molecule has 0 saturated heterocycles. The number of rotatable bonds is 2. The van der Waals surface area contributed by atoms with Crippen molar-refractivity contribution in [2.45, 2.75) is 13.3 Å². The third-order valence-electron chi connectivity index (χ3n) is 3.33. The first-order valence-corrected chi connectivity index (χ1v) is 6.96. The van der Waals surface area contributed by atoms with Gasteiger partial charge in [0.15, 0.2) is 0 Å². The van der Waals surface area contributed by atoms with Gasteiger partial charge in [-0.2, -0.15) is 0 Å². The van der Waals surface area contributed by atoms with Gasteiger partial charge in [0.1, 0.15) is 11.6 Å². The van der Waals surface area contributed by atoms with Gasteiger partial charge in [0.05, 0.1) is 21.6 Å². The number of halogens is 2. The largest absolute Gasteiger partial charge is 0.268 e. The summed E-state index contributed by atoms with van der Waals surface area (Å²) in [7, 11) is 0. The van der Waals surface area contributed by atoms with Crippen molar-refractivity contribution in [3.05, 3.63) is 69.5 Å². The number of para-hydroxylation sites is 1. The van der Waals surface area contributed by atoms with E-state index >= 15 is 0 Å². The maximum Gasteiger partial charge on any atom is 0.267 e. The van der Waals surface area contributed by atoms with Gasteiger partial charge in [0.2, 0.25) is 0 Å². The van der Waals surface area contributed by atoms with Crippen LogP contribution < -0.4 is 5.56 Å². The predicted molar refractivity (Wildman–Crippen MR) is 81.7 cm³/mol. The maximum absolute atomic E-state index is 13.6. The zero-order valence-electron chi connectivity index (χ0n) is 11.3. The topological polar surface area (TPSA) is 34.9 Å². The molecule has 0 aliphatic rings. The summed E-state index contributed by atoms with van der Waals surface area (Å²) in [5, 5.41) is -0.0740. The summed E-state index contributed by atoms with van der Waals surface area (Å²) in [6.45, 7) is 1.91. The van der Waals surface area contributed by atoms with Gasteiger partial charge in [-0.1, -0.05) is 36.7 Å². The van der Waals surface area contributed by atoms with Crippen molar-refractivity contribution in [1.82, 2.24) is 9.55 Å². The lowest BCUT2D eigenvalue weighted by Gasteiger charge is -2.13. The molecule has 2 aromatic carbocycles. The van der Waals surface area contributed by atoms with Gasteiger partial charge >= 0.3 is 0 Å². The molecule has 1 heterocycles. The number of aromatic nitrogens is 2. The lowest BCUT2D eigenvalue weighted by Crippen LogP contribution is -2.24. The molecule has 0 unspecified atom stereocenters. The van der Waals surface area contributed by atoms with Crippen LogP contribution in [0.2, 0.25) is 5.02 Å². The van der Waals surface area contributed by atoms with Crippen LogP contribution in [0.5, 0.6) is 0 Å². The summed E-state index contributed by atoms with van der Waals surface area (Å²) >= 11 is 5.96. The minimum atomic E-state index is -0.619. The highest BCUT2D eigenvalue weighted by Gasteiger charge is 2.16. The summed E-state index contributed by atoms with van der Waals surface area (Å²) in [5.41, 5.74) is 0.747. The fourth-order valence-electron chi connectivity index (χ4n) is 2.34. The molecule has 3 rings (SSSR count). The third-order valence-corrected chi connectivity index (χ3v) is 3.70. The second kappa shape index (κ2) is 5.30. The molecule has 0 spiro atoms. The Morgan fingerprint density at radius 2 is 1.90 bits per heavy atom. The molecule has 0 amide bonds.